The molecular weight excluding hydrogens is 933 g/mol. The zero-order valence-corrected chi connectivity index (χ0v) is 40.8. The van der Waals surface area contributed by atoms with Gasteiger partial charge < -0.3 is 69.2 Å². The van der Waals surface area contributed by atoms with E-state index in [9.17, 15) is 47.9 Å². The lowest BCUT2D eigenvalue weighted by Crippen LogP contribution is -2.60. The Bertz CT molecular complexity index is 2400. The second-order valence-electron chi connectivity index (χ2n) is 17.2. The fourth-order valence-electron chi connectivity index (χ4n) is 7.77. The summed E-state index contributed by atoms with van der Waals surface area (Å²) >= 11 is 0. The van der Waals surface area contributed by atoms with Gasteiger partial charge in [0.1, 0.15) is 36.3 Å². The molecule has 4 rings (SSSR count). The molecule has 0 spiro atoms. The van der Waals surface area contributed by atoms with Crippen LogP contribution in [0.3, 0.4) is 0 Å². The summed E-state index contributed by atoms with van der Waals surface area (Å²) < 4.78 is 0. The monoisotopic (exact) mass is 1000 g/mol. The Balaban J connectivity index is 1.80. The van der Waals surface area contributed by atoms with Crippen LogP contribution in [0.5, 0.6) is 0 Å². The van der Waals surface area contributed by atoms with Crippen LogP contribution >= 0.6 is 0 Å². The zero-order chi connectivity index (χ0) is 52.6. The van der Waals surface area contributed by atoms with Gasteiger partial charge in [0.25, 0.3) is 0 Å². The Labute approximate surface area is 416 Å². The van der Waals surface area contributed by atoms with E-state index in [0.717, 1.165) is 10.9 Å². The molecule has 0 saturated carbocycles. The molecule has 24 heteroatoms. The van der Waals surface area contributed by atoms with Crippen molar-refractivity contribution in [1.29, 1.82) is 5.41 Å². The van der Waals surface area contributed by atoms with Crippen molar-refractivity contribution >= 4 is 75.9 Å². The molecule has 72 heavy (non-hydrogen) atoms. The lowest BCUT2D eigenvalue weighted by atomic mass is 10.0. The second kappa shape index (κ2) is 29.2. The largest absolute Gasteiger partial charge is 0.370 e. The zero-order valence-electron chi connectivity index (χ0n) is 40.8. The number of amides is 10. The van der Waals surface area contributed by atoms with Gasteiger partial charge in [0.05, 0.1) is 6.54 Å². The van der Waals surface area contributed by atoms with E-state index in [4.69, 9.17) is 11.1 Å². The predicted octanol–water partition coefficient (Wildman–Crippen LogP) is -2.39. The van der Waals surface area contributed by atoms with Gasteiger partial charge in [0.2, 0.25) is 59.1 Å². The molecule has 3 aromatic rings. The van der Waals surface area contributed by atoms with Gasteiger partial charge in [-0.3, -0.25) is 53.4 Å². The van der Waals surface area contributed by atoms with Crippen LogP contribution in [0.2, 0.25) is 0 Å². The number of carbonyl (C=O) groups excluding carboxylic acids is 10. The number of hydrogen-bond donors (Lipinski definition) is 14. The Morgan fingerprint density at radius 2 is 1.36 bits per heavy atom. The maximum atomic E-state index is 14.6. The number of fused-ring (bicyclic) bond motifs is 1. The molecule has 2 heterocycles. The highest BCUT2D eigenvalue weighted by Gasteiger charge is 2.34. The minimum absolute atomic E-state index is 0.00321. The van der Waals surface area contributed by atoms with Crippen LogP contribution < -0.4 is 64.2 Å². The van der Waals surface area contributed by atoms with Crippen molar-refractivity contribution in [3.63, 3.8) is 0 Å². The van der Waals surface area contributed by atoms with Crippen LogP contribution in [0.25, 0.3) is 10.9 Å². The van der Waals surface area contributed by atoms with Crippen molar-refractivity contribution < 1.29 is 47.9 Å². The lowest BCUT2D eigenvalue weighted by molar-refractivity contribution is -0.135. The molecule has 390 valence electrons. The molecule has 0 aliphatic carbocycles. The average Bonchev–Trinajstić information content (AvgIpc) is 3.76. The number of aromatic nitrogens is 1. The maximum Gasteiger partial charge on any atom is 0.243 e. The third-order valence-corrected chi connectivity index (χ3v) is 11.6. The van der Waals surface area contributed by atoms with Crippen molar-refractivity contribution in [2.75, 3.05) is 33.2 Å². The third-order valence-electron chi connectivity index (χ3n) is 11.6. The molecule has 1 aliphatic rings. The number of likely N-dealkylation sites (N-methyl/N-ethyl adjacent to an activating group) is 1. The second-order valence-corrected chi connectivity index (χ2v) is 17.2. The topological polar surface area (TPSA) is 369 Å². The van der Waals surface area contributed by atoms with Crippen LogP contribution in [-0.4, -0.2) is 139 Å². The van der Waals surface area contributed by atoms with Gasteiger partial charge >= 0.3 is 0 Å². The van der Waals surface area contributed by atoms with E-state index in [0.29, 0.717) is 11.1 Å². The summed E-state index contributed by atoms with van der Waals surface area (Å²) in [5, 5.41) is 38.0. The highest BCUT2D eigenvalue weighted by molar-refractivity contribution is 5.98. The van der Waals surface area contributed by atoms with Crippen molar-refractivity contribution in [3.8, 4) is 0 Å². The number of H-pyrrole nitrogens is 1. The SMILES string of the molecule is CCNC(=O)C1CCCNC(=O)CCC(NC(=O)CNC(C)=O)C(=O)N[C@@H](CCC(N)=O)C(=O)NC(Cc2ccccc2)C(=O)N[C@@H](CCCNC(=N)NC)C(=O)N[C@@H](Cc2c[nH]c3ccccc23)C(=O)N1. The van der Waals surface area contributed by atoms with E-state index < -0.39 is 108 Å². The molecule has 15 N–H and O–H groups in total. The standard InChI is InChI=1S/C48H68N14O10/c1-4-52-42(67)33-16-10-22-53-40(65)21-19-35(57-41(66)27-55-28(2)63)44(69)60-36(18-20-39(49)64)45(70)61-37(24-29-12-6-5-7-13-29)46(71)59-34(17-11-23-54-48(50)51-3)43(68)62-38(47(72)58-33)25-30-26-56-32-15-9-8-14-31(30)32/h5-9,12-15,26,33-38,56H,4,10-11,16-25,27H2,1-3H3,(H2,49,64)(H,52,67)(H,53,65)(H,55,63)(H,57,66)(H,58,72)(H,59,71)(H,60,69)(H,61,70)(H,62,68)(H3,50,51,54)/t33?,34-,35?,36-,37?,38-/m0/s1. The maximum absolute atomic E-state index is 14.6. The van der Waals surface area contributed by atoms with Crippen LogP contribution in [-0.2, 0) is 60.8 Å². The molecule has 6 atom stereocenters. The molecule has 1 aliphatic heterocycles. The van der Waals surface area contributed by atoms with Crippen LogP contribution in [0.15, 0.2) is 60.8 Å². The first-order chi connectivity index (χ1) is 34.5. The number of nitrogens with one attached hydrogen (secondary N) is 13. The highest BCUT2D eigenvalue weighted by Crippen LogP contribution is 2.20. The summed E-state index contributed by atoms with van der Waals surface area (Å²) in [6.07, 6.45) is 0.561. The molecule has 1 saturated heterocycles. The van der Waals surface area contributed by atoms with E-state index in [2.05, 4.69) is 63.5 Å². The Kier molecular flexibility index (Phi) is 22.9. The third kappa shape index (κ3) is 19.0. The van der Waals surface area contributed by atoms with E-state index in [1.165, 1.54) is 6.92 Å². The number of rotatable bonds is 16. The molecular formula is C48H68N14O10. The number of benzene rings is 2. The molecule has 0 bridgehead atoms. The summed E-state index contributed by atoms with van der Waals surface area (Å²) in [5.74, 6) is -7.43. The molecule has 1 aromatic heterocycles. The van der Waals surface area contributed by atoms with Gasteiger partial charge in [-0.05, 0) is 62.6 Å². The Morgan fingerprint density at radius 1 is 0.736 bits per heavy atom. The number of nitrogens with two attached hydrogens (primary N) is 1. The summed E-state index contributed by atoms with van der Waals surface area (Å²) in [7, 11) is 1.55. The Morgan fingerprint density at radius 3 is 2.04 bits per heavy atom. The van der Waals surface area contributed by atoms with Crippen molar-refractivity contribution in [2.24, 2.45) is 5.73 Å². The van der Waals surface area contributed by atoms with Crippen LogP contribution in [0.1, 0.15) is 76.3 Å². The molecule has 2 aromatic carbocycles. The average molecular weight is 1000 g/mol. The quantitative estimate of drug-likeness (QED) is 0.0407. The van der Waals surface area contributed by atoms with Gasteiger partial charge in [0, 0.05) is 76.4 Å². The normalized spacial score (nSPS) is 21.0. The number of hydrogen-bond acceptors (Lipinski definition) is 11. The summed E-state index contributed by atoms with van der Waals surface area (Å²) in [6.45, 7) is 2.81. The number of primary amides is 1. The first-order valence-corrected chi connectivity index (χ1v) is 23.9. The van der Waals surface area contributed by atoms with Crippen molar-refractivity contribution in [1.82, 2.24) is 63.5 Å². The van der Waals surface area contributed by atoms with Gasteiger partial charge in [0.15, 0.2) is 5.96 Å². The van der Waals surface area contributed by atoms with Gasteiger partial charge in [-0.15, -0.1) is 0 Å². The Hall–Kier alpha value is -8.05. The summed E-state index contributed by atoms with van der Waals surface area (Å²) in [6, 6.07) is 7.72. The number of para-hydroxylation sites is 1. The first-order valence-electron chi connectivity index (χ1n) is 23.9. The molecule has 0 radical (unpaired) electrons. The smallest absolute Gasteiger partial charge is 0.243 e. The highest BCUT2D eigenvalue weighted by atomic mass is 16.2. The molecule has 3 unspecified atom stereocenters. The fraction of sp³-hybridized carbons (Fsp3) is 0.479. The molecule has 10 amide bonds. The minimum atomic E-state index is -1.53. The number of carbonyl (C=O) groups is 10. The minimum Gasteiger partial charge on any atom is -0.370 e. The lowest BCUT2D eigenvalue weighted by Gasteiger charge is -2.28. The van der Waals surface area contributed by atoms with E-state index in [-0.39, 0.29) is 83.4 Å². The van der Waals surface area contributed by atoms with Crippen molar-refractivity contribution in [2.45, 2.75) is 114 Å². The summed E-state index contributed by atoms with van der Waals surface area (Å²) in [4.78, 5) is 138. The number of aromatic amines is 1. The van der Waals surface area contributed by atoms with Gasteiger partial charge in [-0.1, -0.05) is 48.5 Å². The number of guanidine groups is 1. The van der Waals surface area contributed by atoms with E-state index in [1.54, 1.807) is 50.5 Å². The van der Waals surface area contributed by atoms with Gasteiger partial charge in [-0.25, -0.2) is 0 Å². The van der Waals surface area contributed by atoms with Crippen LogP contribution in [0.4, 0.5) is 0 Å². The van der Waals surface area contributed by atoms with Gasteiger partial charge in [-0.2, -0.15) is 0 Å². The fourth-order valence-corrected chi connectivity index (χ4v) is 7.77. The van der Waals surface area contributed by atoms with Crippen LogP contribution in [0, 0.1) is 5.41 Å². The predicted molar refractivity (Wildman–Crippen MR) is 265 cm³/mol. The first kappa shape index (κ1) is 56.5. The van der Waals surface area contributed by atoms with E-state index in [1.807, 2.05) is 24.3 Å². The summed E-state index contributed by atoms with van der Waals surface area (Å²) in [5.41, 5.74) is 7.48. The van der Waals surface area contributed by atoms with E-state index >= 15 is 0 Å². The molecule has 24 nitrogen and oxygen atoms in total. The van der Waals surface area contributed by atoms with Crippen molar-refractivity contribution in [3.05, 3.63) is 71.9 Å². The molecule has 1 fully saturated rings.